The van der Waals surface area contributed by atoms with Crippen molar-refractivity contribution in [1.82, 2.24) is 4.90 Å². The number of aliphatic hydroxyl groups is 1. The van der Waals surface area contributed by atoms with E-state index in [1.807, 2.05) is 45.5 Å². The molecule has 0 bridgehead atoms. The molecule has 0 radical (unpaired) electrons. The second-order valence-electron chi connectivity index (χ2n) is 6.61. The lowest BCUT2D eigenvalue weighted by Crippen LogP contribution is -2.42. The van der Waals surface area contributed by atoms with Crippen LogP contribution in [0, 0.1) is 6.92 Å². The zero-order valence-electron chi connectivity index (χ0n) is 13.5. The minimum absolute atomic E-state index is 0.212. The summed E-state index contributed by atoms with van der Waals surface area (Å²) in [5.41, 5.74) is -0.212. The molecule has 0 aromatic carbocycles. The first kappa shape index (κ1) is 16.9. The molecule has 1 aromatic heterocycles. The smallest absolute Gasteiger partial charge is 0.122 e. The van der Waals surface area contributed by atoms with Crippen molar-refractivity contribution in [2.45, 2.75) is 45.4 Å². The quantitative estimate of drug-likeness (QED) is 0.905. The highest BCUT2D eigenvalue weighted by molar-refractivity contribution is 7.99. The molecule has 1 saturated heterocycles. The van der Waals surface area contributed by atoms with E-state index in [4.69, 9.17) is 9.15 Å². The molecule has 5 heteroatoms. The van der Waals surface area contributed by atoms with Crippen LogP contribution in [0.3, 0.4) is 0 Å². The Labute approximate surface area is 131 Å². The van der Waals surface area contributed by atoms with Gasteiger partial charge in [0.05, 0.1) is 24.4 Å². The van der Waals surface area contributed by atoms with Crippen molar-refractivity contribution in [2.75, 3.05) is 31.2 Å². The van der Waals surface area contributed by atoms with Gasteiger partial charge in [0.1, 0.15) is 11.5 Å². The van der Waals surface area contributed by atoms with Gasteiger partial charge in [0.2, 0.25) is 0 Å². The molecule has 4 nitrogen and oxygen atoms in total. The third-order valence-electron chi connectivity index (χ3n) is 3.48. The summed E-state index contributed by atoms with van der Waals surface area (Å²) in [6, 6.07) is 4.31. The minimum Gasteiger partial charge on any atom is -0.465 e. The fourth-order valence-corrected chi connectivity index (χ4v) is 3.55. The zero-order valence-corrected chi connectivity index (χ0v) is 14.3. The lowest BCUT2D eigenvalue weighted by atomic mass is 10.1. The zero-order chi connectivity index (χ0) is 15.5. The van der Waals surface area contributed by atoms with Gasteiger partial charge in [0.15, 0.2) is 0 Å². The van der Waals surface area contributed by atoms with Gasteiger partial charge in [-0.05, 0) is 39.8 Å². The molecule has 2 heterocycles. The number of hydrogen-bond donors (Lipinski definition) is 1. The van der Waals surface area contributed by atoms with Gasteiger partial charge in [-0.1, -0.05) is 0 Å². The number of thioether (sulfide) groups is 1. The van der Waals surface area contributed by atoms with Crippen LogP contribution < -0.4 is 0 Å². The molecule has 0 amide bonds. The van der Waals surface area contributed by atoms with E-state index in [1.165, 1.54) is 0 Å². The molecule has 0 saturated carbocycles. The normalized spacial score (nSPS) is 22.4. The topological polar surface area (TPSA) is 45.8 Å². The summed E-state index contributed by atoms with van der Waals surface area (Å²) in [6.07, 6.45) is -0.467. The Morgan fingerprint density at radius 2 is 2.24 bits per heavy atom. The highest BCUT2D eigenvalue weighted by Crippen LogP contribution is 2.30. The van der Waals surface area contributed by atoms with Crippen LogP contribution in [0.2, 0.25) is 0 Å². The Bertz CT molecular complexity index is 441. The monoisotopic (exact) mass is 313 g/mol. The molecular weight excluding hydrogens is 286 g/mol. The van der Waals surface area contributed by atoms with E-state index >= 15 is 0 Å². The third-order valence-corrected chi connectivity index (χ3v) is 4.51. The van der Waals surface area contributed by atoms with Gasteiger partial charge in [0.25, 0.3) is 0 Å². The number of nitrogens with zero attached hydrogens (tertiary/aromatic N) is 1. The Hall–Kier alpha value is -0.490. The summed E-state index contributed by atoms with van der Waals surface area (Å²) in [6.45, 7) is 9.96. The summed E-state index contributed by atoms with van der Waals surface area (Å²) in [4.78, 5) is 2.31. The van der Waals surface area contributed by atoms with Crippen LogP contribution in [0.25, 0.3) is 0 Å². The molecule has 0 aliphatic carbocycles. The van der Waals surface area contributed by atoms with Gasteiger partial charge in [-0.25, -0.2) is 0 Å². The van der Waals surface area contributed by atoms with Crippen molar-refractivity contribution in [3.63, 3.8) is 0 Å². The van der Waals surface area contributed by atoms with Crippen molar-refractivity contribution < 1.29 is 14.3 Å². The van der Waals surface area contributed by atoms with E-state index < -0.39 is 6.10 Å². The number of ether oxygens (including phenoxy) is 1. The van der Waals surface area contributed by atoms with Crippen molar-refractivity contribution in [2.24, 2.45) is 0 Å². The summed E-state index contributed by atoms with van der Waals surface area (Å²) < 4.78 is 11.5. The second kappa shape index (κ2) is 7.18. The fourth-order valence-electron chi connectivity index (χ4n) is 2.42. The SMILES string of the molecule is Cc1ccc(C2CSCCN2CC(O)COC(C)(C)C)o1. The molecule has 2 rings (SSSR count). The Kier molecular flexibility index (Phi) is 5.77. The van der Waals surface area contributed by atoms with E-state index in [-0.39, 0.29) is 11.6 Å². The first-order valence-electron chi connectivity index (χ1n) is 7.55. The van der Waals surface area contributed by atoms with Crippen molar-refractivity contribution in [3.05, 3.63) is 23.7 Å². The van der Waals surface area contributed by atoms with Gasteiger partial charge in [-0.2, -0.15) is 11.8 Å². The molecule has 21 heavy (non-hydrogen) atoms. The Morgan fingerprint density at radius 3 is 2.86 bits per heavy atom. The number of aryl methyl sites for hydroxylation is 1. The molecule has 1 fully saturated rings. The lowest BCUT2D eigenvalue weighted by molar-refractivity contribution is -0.0587. The van der Waals surface area contributed by atoms with Crippen molar-refractivity contribution in [3.8, 4) is 0 Å². The third kappa shape index (κ3) is 5.33. The molecule has 1 aliphatic heterocycles. The predicted molar refractivity (Wildman–Crippen MR) is 86.8 cm³/mol. The van der Waals surface area contributed by atoms with Gasteiger partial charge in [-0.3, -0.25) is 4.90 Å². The Balaban J connectivity index is 1.93. The van der Waals surface area contributed by atoms with Gasteiger partial charge >= 0.3 is 0 Å². The standard InChI is InChI=1S/C16H27NO3S/c1-12-5-6-15(20-12)14-11-21-8-7-17(14)9-13(18)10-19-16(2,3)4/h5-6,13-14,18H,7-11H2,1-4H3. The van der Waals surface area contributed by atoms with Gasteiger partial charge < -0.3 is 14.3 Å². The molecule has 1 aliphatic rings. The maximum Gasteiger partial charge on any atom is 0.122 e. The predicted octanol–water partition coefficient (Wildman–Crippen LogP) is 2.85. The van der Waals surface area contributed by atoms with E-state index in [0.717, 1.165) is 29.6 Å². The minimum atomic E-state index is -0.467. The highest BCUT2D eigenvalue weighted by Gasteiger charge is 2.28. The van der Waals surface area contributed by atoms with Crippen molar-refractivity contribution in [1.29, 1.82) is 0 Å². The first-order chi connectivity index (χ1) is 9.85. The number of β-amino-alcohol motifs (C(OH)–C–C–N with tert-alkyl or cyclic N) is 1. The summed E-state index contributed by atoms with van der Waals surface area (Å²) in [5, 5.41) is 10.2. The maximum atomic E-state index is 10.2. The van der Waals surface area contributed by atoms with Gasteiger partial charge in [-0.15, -0.1) is 0 Å². The Morgan fingerprint density at radius 1 is 1.48 bits per heavy atom. The summed E-state index contributed by atoms with van der Waals surface area (Å²) in [5.74, 6) is 4.06. The van der Waals surface area contributed by atoms with Crippen molar-refractivity contribution >= 4 is 11.8 Å². The summed E-state index contributed by atoms with van der Waals surface area (Å²) in [7, 11) is 0. The molecule has 2 atom stereocenters. The number of rotatable bonds is 5. The fraction of sp³-hybridized carbons (Fsp3) is 0.750. The number of hydrogen-bond acceptors (Lipinski definition) is 5. The first-order valence-corrected chi connectivity index (χ1v) is 8.71. The average Bonchev–Trinajstić information content (AvgIpc) is 2.83. The van der Waals surface area contributed by atoms with Crippen LogP contribution in [0.5, 0.6) is 0 Å². The number of furan rings is 1. The van der Waals surface area contributed by atoms with Gasteiger partial charge in [0, 0.05) is 24.6 Å². The maximum absolute atomic E-state index is 10.2. The molecule has 2 unspecified atom stereocenters. The summed E-state index contributed by atoms with van der Waals surface area (Å²) >= 11 is 1.94. The van der Waals surface area contributed by atoms with E-state index in [9.17, 15) is 5.11 Å². The second-order valence-corrected chi connectivity index (χ2v) is 7.76. The average molecular weight is 313 g/mol. The molecule has 1 aromatic rings. The van der Waals surface area contributed by atoms with E-state index in [1.54, 1.807) is 0 Å². The molecular formula is C16H27NO3S. The molecule has 120 valence electrons. The highest BCUT2D eigenvalue weighted by atomic mass is 32.2. The van der Waals surface area contributed by atoms with Crippen LogP contribution in [0.15, 0.2) is 16.5 Å². The van der Waals surface area contributed by atoms with Crippen LogP contribution in [0.4, 0.5) is 0 Å². The lowest BCUT2D eigenvalue weighted by Gasteiger charge is -2.35. The van der Waals surface area contributed by atoms with Crippen LogP contribution in [0.1, 0.15) is 38.3 Å². The van der Waals surface area contributed by atoms with Crippen LogP contribution >= 0.6 is 11.8 Å². The van der Waals surface area contributed by atoms with E-state index in [0.29, 0.717) is 13.2 Å². The largest absolute Gasteiger partial charge is 0.465 e. The molecule has 0 spiro atoms. The van der Waals surface area contributed by atoms with Crippen LogP contribution in [-0.4, -0.2) is 52.9 Å². The van der Waals surface area contributed by atoms with Crippen LogP contribution in [-0.2, 0) is 4.74 Å². The molecule has 1 N–H and O–H groups in total. The van der Waals surface area contributed by atoms with E-state index in [2.05, 4.69) is 11.0 Å². The number of aliphatic hydroxyl groups excluding tert-OH is 1.